The minimum absolute atomic E-state index is 0.133. The molecule has 2 aromatic heterocycles. The molecular weight excluding hydrogens is 802 g/mol. The fourth-order valence-corrected chi connectivity index (χ4v) is 4.47. The molecule has 0 saturated carbocycles. The van der Waals surface area contributed by atoms with Crippen molar-refractivity contribution in [3.8, 4) is 0 Å². The van der Waals surface area contributed by atoms with Gasteiger partial charge in [0.15, 0.2) is 6.61 Å². The number of hydrogen-bond acceptors (Lipinski definition) is 6. The van der Waals surface area contributed by atoms with Gasteiger partial charge in [-0.3, -0.25) is 19.9 Å². The van der Waals surface area contributed by atoms with Crippen molar-refractivity contribution in [3.63, 3.8) is 0 Å². The van der Waals surface area contributed by atoms with Crippen LogP contribution in [0, 0.1) is 0 Å². The van der Waals surface area contributed by atoms with E-state index >= 15 is 0 Å². The van der Waals surface area contributed by atoms with Gasteiger partial charge in [-0.2, -0.15) is 75.2 Å². The zero-order valence-corrected chi connectivity index (χ0v) is 28.2. The molecule has 2 heterocycles. The first kappa shape index (κ1) is 46.9. The van der Waals surface area contributed by atoms with Gasteiger partial charge in [0.1, 0.15) is 12.3 Å². The van der Waals surface area contributed by atoms with Crippen LogP contribution in [0.15, 0.2) is 23.5 Å². The number of carbonyl (C=O) groups excluding carboxylic acids is 2. The summed E-state index contributed by atoms with van der Waals surface area (Å²) < 4.78 is 235. The van der Waals surface area contributed by atoms with E-state index in [0.717, 1.165) is 10.6 Å². The van der Waals surface area contributed by atoms with Crippen molar-refractivity contribution in [2.24, 2.45) is 0 Å². The van der Waals surface area contributed by atoms with Gasteiger partial charge < -0.3 is 19.4 Å². The molecule has 0 aromatic carbocycles. The fraction of sp³-hybridized carbons (Fsp3) is 0.655. The minimum Gasteiger partial charge on any atom is -0.459 e. The topological polar surface area (TPSA) is 127 Å². The monoisotopic (exact) mass is 833 g/mol. The van der Waals surface area contributed by atoms with Gasteiger partial charge in [-0.25, -0.2) is 4.79 Å². The maximum absolute atomic E-state index is 14.4. The SMILES string of the molecule is C=CCOCC(F)(F)C(F)(F)C(F)(F)C(F)(F)C(F)(F)C(F)(F)C(F)(F)C(F)(F)COC(=O)Cc1cc2c(=O)[nH]c(NC(=O)NCCCC)nc2n1CCC. The summed E-state index contributed by atoms with van der Waals surface area (Å²) in [6.45, 7) is -1.21. The lowest BCUT2D eigenvalue weighted by molar-refractivity contribution is -0.455. The molecule has 0 unspecified atom stereocenters. The number of nitrogens with one attached hydrogen (secondary N) is 3. The quantitative estimate of drug-likeness (QED) is 0.0520. The van der Waals surface area contributed by atoms with E-state index in [1.165, 1.54) is 6.92 Å². The number of amides is 2. The lowest BCUT2D eigenvalue weighted by Gasteiger charge is -2.43. The lowest BCUT2D eigenvalue weighted by Crippen LogP contribution is -2.75. The van der Waals surface area contributed by atoms with Gasteiger partial charge in [0.05, 0.1) is 18.4 Å². The van der Waals surface area contributed by atoms with E-state index in [2.05, 4.69) is 36.7 Å². The Balaban J connectivity index is 2.38. The Labute approximate surface area is 298 Å². The van der Waals surface area contributed by atoms with E-state index in [9.17, 15) is 84.6 Å². The second kappa shape index (κ2) is 16.5. The first-order valence-corrected chi connectivity index (χ1v) is 15.5. The number of aromatic nitrogens is 3. The normalized spacial score (nSPS) is 13.9. The van der Waals surface area contributed by atoms with E-state index in [1.807, 2.05) is 6.92 Å². The Morgan fingerprint density at radius 2 is 1.33 bits per heavy atom. The number of halogens is 16. The van der Waals surface area contributed by atoms with Crippen molar-refractivity contribution < 1.29 is 89.3 Å². The highest BCUT2D eigenvalue weighted by atomic mass is 19.4. The van der Waals surface area contributed by atoms with E-state index in [0.29, 0.717) is 18.9 Å². The smallest absolute Gasteiger partial charge is 0.385 e. The molecule has 26 heteroatoms. The Morgan fingerprint density at radius 1 is 0.818 bits per heavy atom. The van der Waals surface area contributed by atoms with E-state index in [1.54, 1.807) is 0 Å². The van der Waals surface area contributed by atoms with Crippen LogP contribution in [0.2, 0.25) is 0 Å². The number of nitrogens with zero attached hydrogens (tertiary/aromatic N) is 2. The predicted octanol–water partition coefficient (Wildman–Crippen LogP) is 7.43. The molecule has 0 aliphatic carbocycles. The number of H-pyrrole nitrogens is 1. The summed E-state index contributed by atoms with van der Waals surface area (Å²) in [5.74, 6) is -65.8. The van der Waals surface area contributed by atoms with Crippen molar-refractivity contribution in [2.45, 2.75) is 93.5 Å². The lowest BCUT2D eigenvalue weighted by atomic mass is 9.88. The van der Waals surface area contributed by atoms with Gasteiger partial charge >= 0.3 is 59.4 Å². The van der Waals surface area contributed by atoms with Crippen molar-refractivity contribution in [1.82, 2.24) is 19.9 Å². The van der Waals surface area contributed by atoms with Crippen LogP contribution in [0.5, 0.6) is 0 Å². The van der Waals surface area contributed by atoms with Gasteiger partial charge in [-0.1, -0.05) is 26.3 Å². The number of fused-ring (bicyclic) bond motifs is 1. The number of aryl methyl sites for hydroxylation is 1. The molecule has 2 aromatic rings. The maximum Gasteiger partial charge on any atom is 0.385 e. The number of aromatic amines is 1. The third-order valence-electron chi connectivity index (χ3n) is 7.49. The summed E-state index contributed by atoms with van der Waals surface area (Å²) in [6, 6.07) is 0.0778. The summed E-state index contributed by atoms with van der Waals surface area (Å²) >= 11 is 0. The molecule has 2 amide bonds. The highest BCUT2D eigenvalue weighted by Crippen LogP contribution is 2.63. The summed E-state index contributed by atoms with van der Waals surface area (Å²) in [5.41, 5.74) is -1.59. The van der Waals surface area contributed by atoms with Crippen LogP contribution in [-0.4, -0.2) is 100 Å². The highest BCUT2D eigenvalue weighted by molar-refractivity contribution is 5.88. The summed E-state index contributed by atoms with van der Waals surface area (Å²) in [7, 11) is 0. The third kappa shape index (κ3) is 8.61. The largest absolute Gasteiger partial charge is 0.459 e. The predicted molar refractivity (Wildman–Crippen MR) is 158 cm³/mol. The zero-order valence-electron chi connectivity index (χ0n) is 28.2. The number of urea groups is 1. The molecule has 3 N–H and O–H groups in total. The van der Waals surface area contributed by atoms with Crippen molar-refractivity contribution in [1.29, 1.82) is 0 Å². The maximum atomic E-state index is 14.4. The molecular formula is C29H31F16N5O5. The van der Waals surface area contributed by atoms with Crippen molar-refractivity contribution in [3.05, 3.63) is 34.8 Å². The van der Waals surface area contributed by atoms with Crippen LogP contribution < -0.4 is 16.2 Å². The number of carbonyl (C=O) groups is 2. The number of alkyl halides is 16. The Morgan fingerprint density at radius 3 is 1.82 bits per heavy atom. The van der Waals surface area contributed by atoms with E-state index in [-0.39, 0.29) is 36.2 Å². The Kier molecular flexibility index (Phi) is 14.0. The molecule has 0 aliphatic heterocycles. The van der Waals surface area contributed by atoms with Crippen LogP contribution >= 0.6 is 0 Å². The Bertz CT molecular complexity index is 1750. The summed E-state index contributed by atoms with van der Waals surface area (Å²) in [4.78, 5) is 43.2. The van der Waals surface area contributed by atoms with Crippen molar-refractivity contribution >= 4 is 29.0 Å². The summed E-state index contributed by atoms with van der Waals surface area (Å²) in [5, 5.41) is 4.33. The second-order valence-corrected chi connectivity index (χ2v) is 11.7. The van der Waals surface area contributed by atoms with Crippen LogP contribution in [-0.2, 0) is 27.2 Å². The third-order valence-corrected chi connectivity index (χ3v) is 7.49. The van der Waals surface area contributed by atoms with E-state index in [4.69, 9.17) is 0 Å². The molecule has 0 radical (unpaired) electrons. The van der Waals surface area contributed by atoms with Gasteiger partial charge in [0.25, 0.3) is 5.56 Å². The minimum atomic E-state index is -8.66. The number of unbranched alkanes of at least 4 members (excludes halogenated alkanes) is 1. The van der Waals surface area contributed by atoms with E-state index < -0.39 is 97.1 Å². The van der Waals surface area contributed by atoms with Gasteiger partial charge in [-0.15, -0.1) is 6.58 Å². The average Bonchev–Trinajstić information content (AvgIpc) is 3.40. The van der Waals surface area contributed by atoms with Gasteiger partial charge in [0.2, 0.25) is 5.95 Å². The number of esters is 1. The molecule has 0 bridgehead atoms. The number of hydrogen-bond donors (Lipinski definition) is 3. The molecule has 2 rings (SSSR count). The van der Waals surface area contributed by atoms with Crippen LogP contribution in [0.4, 0.5) is 81.0 Å². The number of anilines is 1. The number of ether oxygens (including phenoxy) is 2. The molecule has 55 heavy (non-hydrogen) atoms. The van der Waals surface area contributed by atoms with Crippen LogP contribution in [0.25, 0.3) is 11.0 Å². The van der Waals surface area contributed by atoms with Gasteiger partial charge in [-0.05, 0) is 18.9 Å². The molecule has 0 aliphatic rings. The molecule has 314 valence electrons. The van der Waals surface area contributed by atoms with Crippen molar-refractivity contribution in [2.75, 3.05) is 31.7 Å². The summed E-state index contributed by atoms with van der Waals surface area (Å²) in [6.07, 6.45) is 0.706. The molecule has 10 nitrogen and oxygen atoms in total. The number of rotatable bonds is 21. The second-order valence-electron chi connectivity index (χ2n) is 11.7. The molecule has 0 saturated heterocycles. The zero-order chi connectivity index (χ0) is 42.6. The average molecular weight is 834 g/mol. The molecule has 0 atom stereocenters. The fourth-order valence-electron chi connectivity index (χ4n) is 4.47. The standard InChI is InChI=1S/C29H31F16N5O5/c1-4-7-8-46-21(53)49-20-47-18-16(19(52)48-20)11-15(50(18)9-5-2)12-17(51)55-14-23(32,33)25(36,37)27(40,41)29(44,45)28(42,43)26(38,39)24(34,35)22(30,31)13-54-10-6-3/h6,11H,3-5,7-10,12-14H2,1-2H3,(H3,46,47,48,49,52,53). The van der Waals surface area contributed by atoms with Crippen LogP contribution in [0.1, 0.15) is 38.8 Å². The Hall–Kier alpha value is -4.26. The van der Waals surface area contributed by atoms with Gasteiger partial charge in [0, 0.05) is 18.8 Å². The molecule has 0 fully saturated rings. The van der Waals surface area contributed by atoms with Crippen LogP contribution in [0.3, 0.4) is 0 Å². The highest BCUT2D eigenvalue weighted by Gasteiger charge is 2.94. The first-order valence-electron chi connectivity index (χ1n) is 15.5. The molecule has 0 spiro atoms. The first-order chi connectivity index (χ1) is 25.0.